The quantitative estimate of drug-likeness (QED) is 0.591. The van der Waals surface area contributed by atoms with Crippen LogP contribution in [-0.2, 0) is 11.4 Å². The number of carbonyl (C=O) groups is 2. The summed E-state index contributed by atoms with van der Waals surface area (Å²) < 4.78 is 5.71. The average molecular weight is 388 g/mol. The molecule has 3 rings (SSSR count). The number of carbonyl (C=O) groups excluding carboxylic acids is 2. The molecule has 0 radical (unpaired) electrons. The van der Waals surface area contributed by atoms with Gasteiger partial charge in [0.15, 0.2) is 0 Å². The van der Waals surface area contributed by atoms with E-state index in [0.717, 1.165) is 11.3 Å². The summed E-state index contributed by atoms with van der Waals surface area (Å²) in [6.45, 7) is 4.09. The Hall–Kier alpha value is -3.60. The van der Waals surface area contributed by atoms with E-state index in [9.17, 15) is 9.59 Å². The van der Waals surface area contributed by atoms with Gasteiger partial charge in [-0.05, 0) is 48.0 Å². The first-order valence-corrected chi connectivity index (χ1v) is 9.50. The molecule has 0 aliphatic heterocycles. The van der Waals surface area contributed by atoms with Gasteiger partial charge in [-0.3, -0.25) is 9.59 Å². The van der Waals surface area contributed by atoms with Crippen molar-refractivity contribution in [3.05, 3.63) is 90.0 Å². The minimum absolute atomic E-state index is 0.0678. The molecule has 0 unspecified atom stereocenters. The summed E-state index contributed by atoms with van der Waals surface area (Å²) in [5.41, 5.74) is 2.79. The Bertz CT molecular complexity index is 967. The summed E-state index contributed by atoms with van der Waals surface area (Å²) in [6.07, 6.45) is 0. The van der Waals surface area contributed by atoms with E-state index in [4.69, 9.17) is 4.74 Å². The van der Waals surface area contributed by atoms with E-state index in [1.54, 1.807) is 36.4 Å². The Morgan fingerprint density at radius 2 is 1.48 bits per heavy atom. The molecule has 0 fully saturated rings. The highest BCUT2D eigenvalue weighted by Gasteiger charge is 2.09. The van der Waals surface area contributed by atoms with Crippen LogP contribution in [0, 0.1) is 5.92 Å². The largest absolute Gasteiger partial charge is 0.489 e. The van der Waals surface area contributed by atoms with E-state index in [0.29, 0.717) is 23.5 Å². The van der Waals surface area contributed by atoms with Crippen LogP contribution in [0.2, 0.25) is 0 Å². The van der Waals surface area contributed by atoms with Gasteiger partial charge >= 0.3 is 0 Å². The van der Waals surface area contributed by atoms with Crippen LogP contribution in [0.4, 0.5) is 11.4 Å². The average Bonchev–Trinajstić information content (AvgIpc) is 2.73. The third-order valence-corrected chi connectivity index (χ3v) is 4.28. The van der Waals surface area contributed by atoms with E-state index in [2.05, 4.69) is 10.6 Å². The lowest BCUT2D eigenvalue weighted by Gasteiger charge is -2.11. The summed E-state index contributed by atoms with van der Waals surface area (Å²) in [7, 11) is 0. The van der Waals surface area contributed by atoms with Gasteiger partial charge < -0.3 is 15.4 Å². The molecule has 148 valence electrons. The number of ether oxygens (including phenoxy) is 1. The third-order valence-electron chi connectivity index (χ3n) is 4.28. The maximum Gasteiger partial charge on any atom is 0.255 e. The number of nitrogens with one attached hydrogen (secondary N) is 2. The Morgan fingerprint density at radius 3 is 2.14 bits per heavy atom. The lowest BCUT2D eigenvalue weighted by atomic mass is 10.1. The van der Waals surface area contributed by atoms with Crippen molar-refractivity contribution in [2.45, 2.75) is 20.5 Å². The minimum atomic E-state index is -0.215. The molecular weight excluding hydrogens is 364 g/mol. The molecule has 5 heteroatoms. The van der Waals surface area contributed by atoms with Gasteiger partial charge in [-0.15, -0.1) is 0 Å². The highest BCUT2D eigenvalue weighted by Crippen LogP contribution is 2.18. The van der Waals surface area contributed by atoms with Crippen molar-refractivity contribution in [3.63, 3.8) is 0 Å². The number of rotatable bonds is 7. The maximum absolute atomic E-state index is 12.5. The molecule has 0 spiro atoms. The van der Waals surface area contributed by atoms with Gasteiger partial charge in [0.05, 0.1) is 0 Å². The Kier molecular flexibility index (Phi) is 6.63. The van der Waals surface area contributed by atoms with E-state index in [-0.39, 0.29) is 17.7 Å². The van der Waals surface area contributed by atoms with Gasteiger partial charge in [0, 0.05) is 22.9 Å². The fraction of sp³-hybridized carbons (Fsp3) is 0.167. The smallest absolute Gasteiger partial charge is 0.255 e. The minimum Gasteiger partial charge on any atom is -0.489 e. The lowest BCUT2D eigenvalue weighted by Crippen LogP contribution is -2.18. The molecule has 0 bridgehead atoms. The van der Waals surface area contributed by atoms with Gasteiger partial charge in [-0.2, -0.15) is 0 Å². The molecule has 0 aliphatic rings. The number of amides is 2. The van der Waals surface area contributed by atoms with Crippen LogP contribution in [0.5, 0.6) is 5.75 Å². The van der Waals surface area contributed by atoms with E-state index >= 15 is 0 Å². The number of hydrogen-bond acceptors (Lipinski definition) is 3. The molecule has 29 heavy (non-hydrogen) atoms. The highest BCUT2D eigenvalue weighted by atomic mass is 16.5. The van der Waals surface area contributed by atoms with E-state index < -0.39 is 0 Å². The molecule has 0 atom stereocenters. The molecular formula is C24H24N2O3. The summed E-state index contributed by atoms with van der Waals surface area (Å²) >= 11 is 0. The van der Waals surface area contributed by atoms with Crippen LogP contribution >= 0.6 is 0 Å². The molecule has 3 aromatic rings. The highest BCUT2D eigenvalue weighted by molar-refractivity contribution is 6.04. The molecule has 0 aromatic heterocycles. The monoisotopic (exact) mass is 388 g/mol. The molecule has 2 amide bonds. The summed E-state index contributed by atoms with van der Waals surface area (Å²) in [5.74, 6) is 0.408. The van der Waals surface area contributed by atoms with Crippen LogP contribution in [0.25, 0.3) is 0 Å². The van der Waals surface area contributed by atoms with Crippen molar-refractivity contribution in [1.29, 1.82) is 0 Å². The second-order valence-corrected chi connectivity index (χ2v) is 6.98. The van der Waals surface area contributed by atoms with Gasteiger partial charge in [0.1, 0.15) is 12.4 Å². The summed E-state index contributed by atoms with van der Waals surface area (Å²) in [6, 6.07) is 24.0. The first-order chi connectivity index (χ1) is 14.0. The first kappa shape index (κ1) is 20.1. The predicted molar refractivity (Wildman–Crippen MR) is 115 cm³/mol. The zero-order valence-corrected chi connectivity index (χ0v) is 16.5. The van der Waals surface area contributed by atoms with Crippen molar-refractivity contribution < 1.29 is 14.3 Å². The van der Waals surface area contributed by atoms with Crippen LogP contribution in [0.1, 0.15) is 29.8 Å². The van der Waals surface area contributed by atoms with Gasteiger partial charge in [-0.25, -0.2) is 0 Å². The van der Waals surface area contributed by atoms with E-state index in [1.165, 1.54) is 0 Å². The van der Waals surface area contributed by atoms with Gasteiger partial charge in [0.25, 0.3) is 5.91 Å². The number of hydrogen-bond donors (Lipinski definition) is 2. The maximum atomic E-state index is 12.5. The van der Waals surface area contributed by atoms with Crippen molar-refractivity contribution in [2.75, 3.05) is 10.6 Å². The lowest BCUT2D eigenvalue weighted by molar-refractivity contribution is -0.118. The Balaban J connectivity index is 1.58. The van der Waals surface area contributed by atoms with Gasteiger partial charge in [-0.1, -0.05) is 50.2 Å². The standard InChI is InChI=1S/C24H24N2O3/c1-17(2)23(27)25-20-7-6-8-21(15-20)26-24(28)19-13-11-18(12-14-19)16-29-22-9-4-3-5-10-22/h3-15,17H,16H2,1-2H3,(H,25,27)(H,26,28). The van der Waals surface area contributed by atoms with Crippen molar-refractivity contribution >= 4 is 23.2 Å². The van der Waals surface area contributed by atoms with Crippen LogP contribution < -0.4 is 15.4 Å². The Labute approximate surface area is 170 Å². The topological polar surface area (TPSA) is 67.4 Å². The molecule has 3 aromatic carbocycles. The third kappa shape index (κ3) is 5.94. The number of para-hydroxylation sites is 1. The number of anilines is 2. The van der Waals surface area contributed by atoms with Crippen LogP contribution in [0.15, 0.2) is 78.9 Å². The Morgan fingerprint density at radius 1 is 0.828 bits per heavy atom. The van der Waals surface area contributed by atoms with Crippen molar-refractivity contribution in [1.82, 2.24) is 0 Å². The van der Waals surface area contributed by atoms with Gasteiger partial charge in [0.2, 0.25) is 5.91 Å². The summed E-state index contributed by atoms with van der Waals surface area (Å²) in [5, 5.41) is 5.68. The fourth-order valence-corrected chi connectivity index (χ4v) is 2.60. The molecule has 0 saturated heterocycles. The normalized spacial score (nSPS) is 10.4. The van der Waals surface area contributed by atoms with Crippen LogP contribution in [0.3, 0.4) is 0 Å². The number of benzene rings is 3. The van der Waals surface area contributed by atoms with E-state index in [1.807, 2.05) is 56.3 Å². The molecule has 0 saturated carbocycles. The zero-order chi connectivity index (χ0) is 20.6. The van der Waals surface area contributed by atoms with Crippen LogP contribution in [-0.4, -0.2) is 11.8 Å². The fourth-order valence-electron chi connectivity index (χ4n) is 2.60. The predicted octanol–water partition coefficient (Wildman–Crippen LogP) is 5.11. The summed E-state index contributed by atoms with van der Waals surface area (Å²) in [4.78, 5) is 24.4. The molecule has 0 heterocycles. The van der Waals surface area contributed by atoms with Crippen molar-refractivity contribution in [2.24, 2.45) is 5.92 Å². The second-order valence-electron chi connectivity index (χ2n) is 6.98. The second kappa shape index (κ2) is 9.55. The molecule has 2 N–H and O–H groups in total. The zero-order valence-electron chi connectivity index (χ0n) is 16.5. The molecule has 5 nitrogen and oxygen atoms in total. The molecule has 0 aliphatic carbocycles. The first-order valence-electron chi connectivity index (χ1n) is 9.50. The SMILES string of the molecule is CC(C)C(=O)Nc1cccc(NC(=O)c2ccc(COc3ccccc3)cc2)c1. The van der Waals surface area contributed by atoms with Crippen molar-refractivity contribution in [3.8, 4) is 5.75 Å².